The SMILES string of the molecule is C=CC(O)C(OC)(OC)OC. The third-order valence-electron chi connectivity index (χ3n) is 1.44. The van der Waals surface area contributed by atoms with Gasteiger partial charge in [-0.3, -0.25) is 0 Å². The Morgan fingerprint density at radius 3 is 1.73 bits per heavy atom. The predicted octanol–water partition coefficient (Wildman–Crippen LogP) is 0.126. The number of rotatable bonds is 5. The van der Waals surface area contributed by atoms with E-state index in [1.54, 1.807) is 0 Å². The van der Waals surface area contributed by atoms with Gasteiger partial charge in [-0.2, -0.15) is 0 Å². The molecule has 0 aromatic rings. The lowest BCUT2D eigenvalue weighted by Crippen LogP contribution is -2.46. The lowest BCUT2D eigenvalue weighted by atomic mass is 10.3. The molecule has 0 bridgehead atoms. The molecule has 0 aliphatic rings. The van der Waals surface area contributed by atoms with Crippen LogP contribution in [0.3, 0.4) is 0 Å². The largest absolute Gasteiger partial charge is 0.381 e. The zero-order valence-corrected chi connectivity index (χ0v) is 7.03. The summed E-state index contributed by atoms with van der Waals surface area (Å²) in [6.45, 7) is 3.38. The van der Waals surface area contributed by atoms with E-state index in [-0.39, 0.29) is 0 Å². The molecule has 1 atom stereocenters. The molecule has 0 spiro atoms. The van der Waals surface area contributed by atoms with Gasteiger partial charge in [0.15, 0.2) is 6.10 Å². The van der Waals surface area contributed by atoms with Gasteiger partial charge in [-0.25, -0.2) is 0 Å². The summed E-state index contributed by atoms with van der Waals surface area (Å²) in [7, 11) is 4.12. The van der Waals surface area contributed by atoms with E-state index >= 15 is 0 Å². The van der Waals surface area contributed by atoms with Gasteiger partial charge >= 0.3 is 5.97 Å². The fourth-order valence-electron chi connectivity index (χ4n) is 0.757. The van der Waals surface area contributed by atoms with Gasteiger partial charge in [0.2, 0.25) is 0 Å². The zero-order chi connectivity index (χ0) is 8.91. The first kappa shape index (κ1) is 10.6. The highest BCUT2D eigenvalue weighted by Crippen LogP contribution is 2.17. The number of aliphatic hydroxyl groups excluding tert-OH is 1. The Kier molecular flexibility index (Phi) is 4.29. The molecular weight excluding hydrogens is 148 g/mol. The highest BCUT2D eigenvalue weighted by molar-refractivity contribution is 4.85. The molecular formula is C7H14O4. The number of aliphatic hydroxyl groups is 1. The molecule has 0 radical (unpaired) electrons. The van der Waals surface area contributed by atoms with Crippen LogP contribution in [0, 0.1) is 0 Å². The molecule has 0 aromatic heterocycles. The summed E-state index contributed by atoms with van der Waals surface area (Å²) in [5.74, 6) is -1.43. The van der Waals surface area contributed by atoms with Crippen molar-refractivity contribution >= 4 is 0 Å². The molecule has 0 aliphatic heterocycles. The first-order valence-electron chi connectivity index (χ1n) is 3.13. The van der Waals surface area contributed by atoms with Crippen molar-refractivity contribution in [2.24, 2.45) is 0 Å². The maximum Gasteiger partial charge on any atom is 0.313 e. The molecule has 0 amide bonds. The molecule has 0 aliphatic carbocycles. The van der Waals surface area contributed by atoms with Crippen molar-refractivity contribution in [3.8, 4) is 0 Å². The fraction of sp³-hybridized carbons (Fsp3) is 0.714. The second kappa shape index (κ2) is 4.46. The topological polar surface area (TPSA) is 47.9 Å². The predicted molar refractivity (Wildman–Crippen MR) is 40.0 cm³/mol. The Morgan fingerprint density at radius 1 is 1.27 bits per heavy atom. The van der Waals surface area contributed by atoms with Crippen molar-refractivity contribution in [3.05, 3.63) is 12.7 Å². The number of hydrogen-bond donors (Lipinski definition) is 1. The Hall–Kier alpha value is -0.420. The number of ether oxygens (including phenoxy) is 3. The minimum Gasteiger partial charge on any atom is -0.381 e. The van der Waals surface area contributed by atoms with E-state index in [2.05, 4.69) is 6.58 Å². The van der Waals surface area contributed by atoms with Crippen LogP contribution >= 0.6 is 0 Å². The van der Waals surface area contributed by atoms with E-state index in [4.69, 9.17) is 14.2 Å². The highest BCUT2D eigenvalue weighted by Gasteiger charge is 2.37. The van der Waals surface area contributed by atoms with Crippen LogP contribution in [0.4, 0.5) is 0 Å². The van der Waals surface area contributed by atoms with Crippen LogP contribution in [0.15, 0.2) is 12.7 Å². The number of methoxy groups -OCH3 is 3. The first-order chi connectivity index (χ1) is 5.16. The lowest BCUT2D eigenvalue weighted by Gasteiger charge is -2.31. The van der Waals surface area contributed by atoms with Crippen LogP contribution in [0.25, 0.3) is 0 Å². The van der Waals surface area contributed by atoms with E-state index in [1.807, 2.05) is 0 Å². The summed E-state index contributed by atoms with van der Waals surface area (Å²) in [6, 6.07) is 0. The summed E-state index contributed by atoms with van der Waals surface area (Å²) in [4.78, 5) is 0. The van der Waals surface area contributed by atoms with E-state index in [1.165, 1.54) is 27.4 Å². The Labute approximate surface area is 66.4 Å². The van der Waals surface area contributed by atoms with Crippen LogP contribution in [-0.4, -0.2) is 38.5 Å². The quantitative estimate of drug-likeness (QED) is 0.461. The number of hydrogen-bond acceptors (Lipinski definition) is 4. The van der Waals surface area contributed by atoms with Gasteiger partial charge in [-0.05, 0) is 0 Å². The van der Waals surface area contributed by atoms with E-state index < -0.39 is 12.1 Å². The highest BCUT2D eigenvalue weighted by atomic mass is 16.9. The molecule has 66 valence electrons. The molecule has 0 saturated heterocycles. The molecule has 0 heterocycles. The van der Waals surface area contributed by atoms with Crippen molar-refractivity contribution in [1.29, 1.82) is 0 Å². The third kappa shape index (κ3) is 2.00. The van der Waals surface area contributed by atoms with Crippen molar-refractivity contribution in [3.63, 3.8) is 0 Å². The zero-order valence-electron chi connectivity index (χ0n) is 7.03. The molecule has 0 fully saturated rings. The summed E-state index contributed by atoms with van der Waals surface area (Å²) in [6.07, 6.45) is 0.263. The minimum absolute atomic E-state index is 1.01. The Morgan fingerprint density at radius 2 is 1.64 bits per heavy atom. The van der Waals surface area contributed by atoms with E-state index in [9.17, 15) is 5.11 Å². The smallest absolute Gasteiger partial charge is 0.313 e. The second-order valence-electron chi connectivity index (χ2n) is 1.90. The van der Waals surface area contributed by atoms with Gasteiger partial charge in [-0.15, -0.1) is 6.58 Å². The van der Waals surface area contributed by atoms with Gasteiger partial charge in [0.1, 0.15) is 0 Å². The van der Waals surface area contributed by atoms with Gasteiger partial charge in [0, 0.05) is 21.3 Å². The Bertz CT molecular complexity index is 111. The minimum atomic E-state index is -1.43. The fourth-order valence-corrected chi connectivity index (χ4v) is 0.757. The third-order valence-corrected chi connectivity index (χ3v) is 1.44. The molecule has 4 heteroatoms. The second-order valence-corrected chi connectivity index (χ2v) is 1.90. The Balaban J connectivity index is 4.38. The van der Waals surface area contributed by atoms with E-state index in [0.29, 0.717) is 0 Å². The summed E-state index contributed by atoms with van der Waals surface area (Å²) in [5, 5.41) is 9.28. The summed E-state index contributed by atoms with van der Waals surface area (Å²) in [5.41, 5.74) is 0. The van der Waals surface area contributed by atoms with Crippen molar-refractivity contribution in [1.82, 2.24) is 0 Å². The van der Waals surface area contributed by atoms with Crippen LogP contribution < -0.4 is 0 Å². The van der Waals surface area contributed by atoms with Crippen molar-refractivity contribution < 1.29 is 19.3 Å². The first-order valence-corrected chi connectivity index (χ1v) is 3.13. The standard InChI is InChI=1S/C7H14O4/c1-5-6(8)7(9-2,10-3)11-4/h5-6,8H,1H2,2-4H3. The molecule has 1 unspecified atom stereocenters. The molecule has 1 N–H and O–H groups in total. The van der Waals surface area contributed by atoms with Gasteiger partial charge < -0.3 is 19.3 Å². The normalized spacial score (nSPS) is 14.5. The van der Waals surface area contributed by atoms with Gasteiger partial charge in [0.05, 0.1) is 0 Å². The maximum absolute atomic E-state index is 9.28. The maximum atomic E-state index is 9.28. The molecule has 0 saturated carbocycles. The van der Waals surface area contributed by atoms with Crippen LogP contribution in [0.5, 0.6) is 0 Å². The average Bonchev–Trinajstić information content (AvgIpc) is 2.08. The van der Waals surface area contributed by atoms with Crippen molar-refractivity contribution in [2.45, 2.75) is 12.1 Å². The molecule has 0 rings (SSSR count). The van der Waals surface area contributed by atoms with Gasteiger partial charge in [-0.1, -0.05) is 6.08 Å². The molecule has 0 aromatic carbocycles. The molecule has 4 nitrogen and oxygen atoms in total. The summed E-state index contributed by atoms with van der Waals surface area (Å²) >= 11 is 0. The monoisotopic (exact) mass is 162 g/mol. The molecule has 11 heavy (non-hydrogen) atoms. The van der Waals surface area contributed by atoms with Gasteiger partial charge in [0.25, 0.3) is 0 Å². The van der Waals surface area contributed by atoms with Crippen molar-refractivity contribution in [2.75, 3.05) is 21.3 Å². The van der Waals surface area contributed by atoms with Crippen LogP contribution in [-0.2, 0) is 14.2 Å². The average molecular weight is 162 g/mol. The van der Waals surface area contributed by atoms with E-state index in [0.717, 1.165) is 0 Å². The lowest BCUT2D eigenvalue weighted by molar-refractivity contribution is -0.380. The summed E-state index contributed by atoms with van der Waals surface area (Å²) < 4.78 is 14.5. The van der Waals surface area contributed by atoms with Crippen LogP contribution in [0.2, 0.25) is 0 Å². The van der Waals surface area contributed by atoms with Crippen LogP contribution in [0.1, 0.15) is 0 Å².